The van der Waals surface area contributed by atoms with Crippen LogP contribution in [-0.2, 0) is 6.61 Å². The standard InChI is InChI=1S/C26H21Cl2N3O5/c1-15(17-4-3-5-19(12-17)29-25(32)21-10-11-34-16(21)2)30-31-26(33)23-9-7-20(36-23)14-35-24-13-18(27)6-8-22(24)28/h3-13H,14H2,1-2H3,(H,29,32)(H,31,33). The van der Waals surface area contributed by atoms with Crippen molar-refractivity contribution in [3.8, 4) is 5.75 Å². The van der Waals surface area contributed by atoms with E-state index in [2.05, 4.69) is 15.8 Å². The number of aryl methyl sites for hydroxylation is 1. The topological polar surface area (TPSA) is 106 Å². The highest BCUT2D eigenvalue weighted by Crippen LogP contribution is 2.28. The molecule has 0 atom stereocenters. The zero-order valence-electron chi connectivity index (χ0n) is 19.3. The van der Waals surface area contributed by atoms with Gasteiger partial charge in [-0.15, -0.1) is 0 Å². The Morgan fingerprint density at radius 3 is 2.64 bits per heavy atom. The van der Waals surface area contributed by atoms with Gasteiger partial charge in [0.15, 0.2) is 5.76 Å². The second kappa shape index (κ2) is 11.2. The van der Waals surface area contributed by atoms with Crippen LogP contribution in [-0.4, -0.2) is 17.5 Å². The number of carbonyl (C=O) groups excluding carboxylic acids is 2. The van der Waals surface area contributed by atoms with E-state index in [1.807, 2.05) is 6.07 Å². The normalized spacial score (nSPS) is 11.3. The number of benzene rings is 2. The van der Waals surface area contributed by atoms with Crippen LogP contribution in [0.4, 0.5) is 5.69 Å². The minimum Gasteiger partial charge on any atom is -0.484 e. The highest BCUT2D eigenvalue weighted by Gasteiger charge is 2.14. The maximum atomic E-state index is 12.5. The predicted molar refractivity (Wildman–Crippen MR) is 137 cm³/mol. The number of nitrogens with one attached hydrogen (secondary N) is 2. The number of halogens is 2. The second-order valence-electron chi connectivity index (χ2n) is 7.69. The zero-order chi connectivity index (χ0) is 25.7. The lowest BCUT2D eigenvalue weighted by molar-refractivity contribution is 0.0922. The van der Waals surface area contributed by atoms with Crippen LogP contribution in [0.3, 0.4) is 0 Å². The van der Waals surface area contributed by atoms with E-state index in [4.69, 9.17) is 36.8 Å². The number of amides is 2. The lowest BCUT2D eigenvalue weighted by Crippen LogP contribution is -2.19. The van der Waals surface area contributed by atoms with Gasteiger partial charge in [0.1, 0.15) is 23.9 Å². The van der Waals surface area contributed by atoms with Crippen LogP contribution in [0.5, 0.6) is 5.75 Å². The van der Waals surface area contributed by atoms with Crippen LogP contribution in [0.2, 0.25) is 10.0 Å². The number of hydrogen-bond acceptors (Lipinski definition) is 6. The molecule has 0 radical (unpaired) electrons. The van der Waals surface area contributed by atoms with Crippen LogP contribution in [0.15, 0.2) is 80.9 Å². The molecule has 36 heavy (non-hydrogen) atoms. The van der Waals surface area contributed by atoms with Crippen LogP contribution in [0.25, 0.3) is 0 Å². The van der Waals surface area contributed by atoms with Crippen LogP contribution in [0.1, 0.15) is 44.9 Å². The molecule has 184 valence electrons. The zero-order valence-corrected chi connectivity index (χ0v) is 20.8. The molecule has 2 aromatic heterocycles. The third-order valence-electron chi connectivity index (χ3n) is 5.12. The number of ether oxygens (including phenoxy) is 1. The van der Waals surface area contributed by atoms with Gasteiger partial charge in [0.2, 0.25) is 0 Å². The molecule has 0 aliphatic rings. The van der Waals surface area contributed by atoms with Gasteiger partial charge >= 0.3 is 5.91 Å². The summed E-state index contributed by atoms with van der Waals surface area (Å²) in [5, 5.41) is 7.87. The van der Waals surface area contributed by atoms with Crippen molar-refractivity contribution in [1.82, 2.24) is 5.43 Å². The van der Waals surface area contributed by atoms with Gasteiger partial charge in [0.25, 0.3) is 5.91 Å². The molecule has 2 N–H and O–H groups in total. The number of anilines is 1. The van der Waals surface area contributed by atoms with Gasteiger partial charge in [-0.1, -0.05) is 35.3 Å². The van der Waals surface area contributed by atoms with Crippen LogP contribution in [0, 0.1) is 6.92 Å². The van der Waals surface area contributed by atoms with Gasteiger partial charge < -0.3 is 18.9 Å². The molecule has 4 rings (SSSR count). The average Bonchev–Trinajstić information content (AvgIpc) is 3.52. The summed E-state index contributed by atoms with van der Waals surface area (Å²) in [5.41, 5.74) is 4.74. The van der Waals surface area contributed by atoms with Crippen LogP contribution >= 0.6 is 23.2 Å². The molecule has 8 nitrogen and oxygen atoms in total. The first-order valence-electron chi connectivity index (χ1n) is 10.8. The number of carbonyl (C=O) groups is 2. The molecule has 0 saturated heterocycles. The van der Waals surface area contributed by atoms with Crippen molar-refractivity contribution in [1.29, 1.82) is 0 Å². The quantitative estimate of drug-likeness (QED) is 0.202. The maximum absolute atomic E-state index is 12.5. The van der Waals surface area contributed by atoms with Crippen molar-refractivity contribution in [3.05, 3.63) is 105 Å². The first kappa shape index (κ1) is 25.1. The Morgan fingerprint density at radius 1 is 1.03 bits per heavy atom. The number of furan rings is 2. The van der Waals surface area contributed by atoms with E-state index in [9.17, 15) is 9.59 Å². The van der Waals surface area contributed by atoms with E-state index in [0.717, 1.165) is 0 Å². The summed E-state index contributed by atoms with van der Waals surface area (Å²) in [6, 6.07) is 16.7. The summed E-state index contributed by atoms with van der Waals surface area (Å²) in [6.07, 6.45) is 1.46. The summed E-state index contributed by atoms with van der Waals surface area (Å²) in [6.45, 7) is 3.51. The fraction of sp³-hybridized carbons (Fsp3) is 0.115. The van der Waals surface area contributed by atoms with Gasteiger partial charge in [0, 0.05) is 16.8 Å². The Labute approximate surface area is 216 Å². The molecular formula is C26H21Cl2N3O5. The smallest absolute Gasteiger partial charge is 0.307 e. The van der Waals surface area contributed by atoms with Gasteiger partial charge in [-0.3, -0.25) is 9.59 Å². The first-order chi connectivity index (χ1) is 17.3. The van der Waals surface area contributed by atoms with Crippen molar-refractivity contribution < 1.29 is 23.2 Å². The fourth-order valence-electron chi connectivity index (χ4n) is 3.21. The average molecular weight is 526 g/mol. The summed E-state index contributed by atoms with van der Waals surface area (Å²) < 4.78 is 16.3. The summed E-state index contributed by atoms with van der Waals surface area (Å²) in [4.78, 5) is 24.9. The Balaban J connectivity index is 1.35. The lowest BCUT2D eigenvalue weighted by Gasteiger charge is -2.07. The molecule has 2 amide bonds. The van der Waals surface area contributed by atoms with E-state index in [-0.39, 0.29) is 18.3 Å². The molecule has 2 heterocycles. The summed E-state index contributed by atoms with van der Waals surface area (Å²) >= 11 is 12.0. The largest absolute Gasteiger partial charge is 0.484 e. The molecule has 0 aliphatic heterocycles. The van der Waals surface area contributed by atoms with E-state index in [1.165, 1.54) is 12.3 Å². The molecule has 4 aromatic rings. The van der Waals surface area contributed by atoms with Crippen molar-refractivity contribution in [3.63, 3.8) is 0 Å². The molecule has 2 aromatic carbocycles. The Hall–Kier alpha value is -4.01. The minimum atomic E-state index is -0.527. The summed E-state index contributed by atoms with van der Waals surface area (Å²) in [5.74, 6) is 0.625. The van der Waals surface area contributed by atoms with Crippen molar-refractivity contribution >= 4 is 46.4 Å². The predicted octanol–water partition coefficient (Wildman–Crippen LogP) is 6.47. The number of nitrogens with zero attached hydrogens (tertiary/aromatic N) is 1. The number of hydrazone groups is 1. The minimum absolute atomic E-state index is 0.0620. The van der Waals surface area contributed by atoms with E-state index in [0.29, 0.717) is 49.8 Å². The van der Waals surface area contributed by atoms with Gasteiger partial charge in [-0.2, -0.15) is 5.10 Å². The highest BCUT2D eigenvalue weighted by atomic mass is 35.5. The molecule has 0 unspecified atom stereocenters. The Morgan fingerprint density at radius 2 is 1.86 bits per heavy atom. The van der Waals surface area contributed by atoms with Crippen molar-refractivity contribution in [2.45, 2.75) is 20.5 Å². The third-order valence-corrected chi connectivity index (χ3v) is 5.66. The highest BCUT2D eigenvalue weighted by molar-refractivity contribution is 6.34. The van der Waals surface area contributed by atoms with Crippen molar-refractivity contribution in [2.24, 2.45) is 5.10 Å². The number of rotatable bonds is 8. The SMILES string of the molecule is CC(=NNC(=O)c1ccc(COc2cc(Cl)ccc2Cl)o1)c1cccc(NC(=O)c2ccoc2C)c1. The van der Waals surface area contributed by atoms with E-state index < -0.39 is 5.91 Å². The molecule has 0 bridgehead atoms. The first-order valence-corrected chi connectivity index (χ1v) is 11.5. The van der Waals surface area contributed by atoms with E-state index in [1.54, 1.807) is 62.4 Å². The third kappa shape index (κ3) is 6.16. The Kier molecular flexibility index (Phi) is 7.77. The maximum Gasteiger partial charge on any atom is 0.307 e. The second-order valence-corrected chi connectivity index (χ2v) is 8.54. The van der Waals surface area contributed by atoms with Crippen molar-refractivity contribution in [2.75, 3.05) is 5.32 Å². The van der Waals surface area contributed by atoms with Gasteiger partial charge in [-0.05, 0) is 61.9 Å². The molecule has 0 aliphatic carbocycles. The van der Waals surface area contributed by atoms with Gasteiger partial charge in [-0.25, -0.2) is 5.43 Å². The fourth-order valence-corrected chi connectivity index (χ4v) is 3.54. The summed E-state index contributed by atoms with van der Waals surface area (Å²) in [7, 11) is 0. The number of hydrogen-bond donors (Lipinski definition) is 2. The monoisotopic (exact) mass is 525 g/mol. The Bertz CT molecular complexity index is 1440. The van der Waals surface area contributed by atoms with Crippen LogP contribution < -0.4 is 15.5 Å². The molecule has 0 saturated carbocycles. The van der Waals surface area contributed by atoms with Gasteiger partial charge in [0.05, 0.1) is 22.6 Å². The molecule has 0 spiro atoms. The lowest BCUT2D eigenvalue weighted by atomic mass is 10.1. The molecular weight excluding hydrogens is 505 g/mol. The van der Waals surface area contributed by atoms with E-state index >= 15 is 0 Å². The molecule has 10 heteroatoms. The molecule has 0 fully saturated rings.